The van der Waals surface area contributed by atoms with Crippen molar-refractivity contribution in [2.45, 2.75) is 75.7 Å². The van der Waals surface area contributed by atoms with Gasteiger partial charge in [-0.15, -0.1) is 23.5 Å². The lowest BCUT2D eigenvalue weighted by Gasteiger charge is -2.27. The van der Waals surface area contributed by atoms with Crippen LogP contribution in [0, 0.1) is 0 Å². The topological polar surface area (TPSA) is 255 Å². The zero-order valence-corrected chi connectivity index (χ0v) is 53.9. The normalized spacial score (nSPS) is 16.4. The second-order valence-electron chi connectivity index (χ2n) is 21.6. The number of nitrogens with one attached hydrogen (secondary N) is 1. The quantitative estimate of drug-likeness (QED) is 0.0354. The maximum atomic E-state index is 12.7. The molecule has 88 heavy (non-hydrogen) atoms. The summed E-state index contributed by atoms with van der Waals surface area (Å²) in [4.78, 5) is 111. The molecule has 0 bridgehead atoms. The number of aliphatic imine (C=N–C) groups is 2. The summed E-state index contributed by atoms with van der Waals surface area (Å²) in [6.45, 7) is 9.15. The van der Waals surface area contributed by atoms with Gasteiger partial charge in [-0.2, -0.15) is 0 Å². The molecule has 4 N–H and O–H groups in total. The van der Waals surface area contributed by atoms with Crippen molar-refractivity contribution in [3.05, 3.63) is 108 Å². The molecular weight excluding hydrogens is 1200 g/mol. The number of para-hydroxylation sites is 2. The third kappa shape index (κ3) is 20.8. The molecule has 3 unspecified atom stereocenters. The van der Waals surface area contributed by atoms with Gasteiger partial charge in [0.2, 0.25) is 29.5 Å². The van der Waals surface area contributed by atoms with E-state index in [0.717, 1.165) is 101 Å². The SMILES string of the molecule is CC(=O)CSC1CC(=O)N(CC(=O)NCCN(CCOCCO)CCN(C)C2=Nc3ccccc3Sc3ccccc32)C1=O.CC(=O)CSC1CC(=O)N(CC(O)CCc2ccc3c(c2)Sc2ccccc2N=C3N(C)CCN(C)CCOCCO)C1=O.[HH].[HH]. The number of thioether (sulfide) groups is 2. The number of carbonyl (C=O) groups excluding carboxylic acids is 7. The number of carbonyl (C=O) groups is 7. The number of benzene rings is 4. The molecule has 0 radical (unpaired) electrons. The number of amides is 5. The zero-order valence-electron chi connectivity index (χ0n) is 50.7. The summed E-state index contributed by atoms with van der Waals surface area (Å²) >= 11 is 5.71. The summed E-state index contributed by atoms with van der Waals surface area (Å²) in [6.07, 6.45) is 0.208. The van der Waals surface area contributed by atoms with Crippen molar-refractivity contribution in [3.8, 4) is 0 Å². The van der Waals surface area contributed by atoms with E-state index in [1.165, 1.54) is 25.6 Å². The molecular formula is C63H85N9O12S4. The van der Waals surface area contributed by atoms with Crippen LogP contribution < -0.4 is 5.32 Å². The molecule has 2 fully saturated rings. The number of Topliss-reactive ketones (excluding diaryl/α,β-unsaturated/α-hetero) is 2. The summed E-state index contributed by atoms with van der Waals surface area (Å²) in [5.74, 6) is 0.144. The van der Waals surface area contributed by atoms with E-state index in [1.54, 1.807) is 23.5 Å². The molecule has 4 heterocycles. The number of likely N-dealkylation sites (N-methyl/N-ethyl adjacent to an activating group) is 3. The summed E-state index contributed by atoms with van der Waals surface area (Å²) < 4.78 is 10.9. The molecule has 21 nitrogen and oxygen atoms in total. The van der Waals surface area contributed by atoms with Gasteiger partial charge in [0, 0.05) is 113 Å². The Bertz CT molecular complexity index is 3150. The van der Waals surface area contributed by atoms with Crippen LogP contribution >= 0.6 is 47.0 Å². The first-order valence-electron chi connectivity index (χ1n) is 29.4. The van der Waals surface area contributed by atoms with Gasteiger partial charge >= 0.3 is 0 Å². The Hall–Kier alpha value is -5.97. The summed E-state index contributed by atoms with van der Waals surface area (Å²) in [6, 6.07) is 30.7. The second kappa shape index (κ2) is 35.4. The minimum absolute atomic E-state index is 0. The van der Waals surface area contributed by atoms with Crippen LogP contribution in [0.4, 0.5) is 11.4 Å². The number of fused-ring (bicyclic) bond motifs is 4. The standard InChI is InChI=1S/C32H42N4O6S2.C31H39N5O6S2.2H2/c1-22(38)21-43-29-19-30(40)36(32(29)41)20-24(39)10-8-23-9-11-25-28(18-23)44-27-7-5-4-6-26(27)33-31(25)35(3)13-12-34(2)14-16-42-17-15-37;1-22(38)21-43-27-19-29(40)36(31(27)41)20-28(39)32-11-12-35(15-17-42-18-16-37)14-13-34(2)30-23-7-3-5-9-25(23)44-26-10-6-4-8-24(26)33-30;;/h4-7,9,11,18,24,29,37,39H,8,10,12-17,19-21H2,1-3H3;3-10,27,37H,11-21H2,1-2H3,(H,32,39);2*1H. The molecule has 0 aromatic heterocycles. The Kier molecular flexibility index (Phi) is 28.0. The molecule has 4 aromatic rings. The number of imide groups is 2. The zero-order chi connectivity index (χ0) is 63.1. The number of ether oxygens (including phenoxy) is 2. The average molecular weight is 1290 g/mol. The smallest absolute Gasteiger partial charge is 0.243 e. The van der Waals surface area contributed by atoms with Gasteiger partial charge in [0.25, 0.3) is 0 Å². The molecule has 2 saturated heterocycles. The molecule has 8 rings (SSSR count). The first kappa shape index (κ1) is 69.5. The van der Waals surface area contributed by atoms with Crippen molar-refractivity contribution in [2.24, 2.45) is 9.98 Å². The summed E-state index contributed by atoms with van der Waals surface area (Å²) in [7, 11) is 6.11. The van der Waals surface area contributed by atoms with E-state index in [-0.39, 0.29) is 83.5 Å². The molecule has 478 valence electrons. The van der Waals surface area contributed by atoms with Crippen molar-refractivity contribution >= 4 is 111 Å². The number of nitrogens with zero attached hydrogens (tertiary/aromatic N) is 8. The number of hydrogen-bond acceptors (Lipinski definition) is 22. The predicted molar refractivity (Wildman–Crippen MR) is 350 cm³/mol. The van der Waals surface area contributed by atoms with Crippen molar-refractivity contribution in [2.75, 3.05) is 138 Å². The van der Waals surface area contributed by atoms with Gasteiger partial charge in [-0.1, -0.05) is 72.1 Å². The van der Waals surface area contributed by atoms with Crippen LogP contribution in [-0.4, -0.2) is 252 Å². The van der Waals surface area contributed by atoms with Crippen molar-refractivity contribution in [1.29, 1.82) is 0 Å². The highest BCUT2D eigenvalue weighted by Gasteiger charge is 2.41. The number of amidine groups is 2. The van der Waals surface area contributed by atoms with Crippen LogP contribution in [0.1, 0.15) is 52.7 Å². The van der Waals surface area contributed by atoms with Crippen LogP contribution in [0.15, 0.2) is 121 Å². The van der Waals surface area contributed by atoms with E-state index < -0.39 is 34.3 Å². The third-order valence-electron chi connectivity index (χ3n) is 14.6. The maximum absolute atomic E-state index is 12.7. The molecule has 3 atom stereocenters. The molecule has 4 aromatic carbocycles. The maximum Gasteiger partial charge on any atom is 0.243 e. The van der Waals surface area contributed by atoms with Crippen molar-refractivity contribution in [3.63, 3.8) is 0 Å². The number of β-amino-alcohol motifs (C(OH)–C–C–N with tert-alkyl or cyclic N) is 1. The Morgan fingerprint density at radius 1 is 0.648 bits per heavy atom. The number of aryl methyl sites for hydroxylation is 1. The average Bonchev–Trinajstić information content (AvgIpc) is 3.70. The fourth-order valence-corrected chi connectivity index (χ4v) is 13.8. The molecule has 5 amide bonds. The Balaban J connectivity index is 0.000000320. The fraction of sp³-hybridized carbons (Fsp3) is 0.476. The number of likely N-dealkylation sites (tertiary alicyclic amines) is 2. The largest absolute Gasteiger partial charge is 0.394 e. The Morgan fingerprint density at radius 2 is 1.17 bits per heavy atom. The van der Waals surface area contributed by atoms with Gasteiger partial charge in [-0.3, -0.25) is 48.3 Å². The Morgan fingerprint density at radius 3 is 1.77 bits per heavy atom. The first-order chi connectivity index (χ1) is 42.4. The molecule has 25 heteroatoms. The second-order valence-corrected chi connectivity index (χ2v) is 26.2. The van der Waals surface area contributed by atoms with Crippen LogP contribution in [0.5, 0.6) is 0 Å². The van der Waals surface area contributed by atoms with E-state index in [1.807, 2.05) is 69.7 Å². The highest BCUT2D eigenvalue weighted by Crippen LogP contribution is 2.42. The number of rotatable bonds is 32. The van der Waals surface area contributed by atoms with Crippen LogP contribution in [0.3, 0.4) is 0 Å². The van der Waals surface area contributed by atoms with E-state index in [9.17, 15) is 38.7 Å². The highest BCUT2D eigenvalue weighted by atomic mass is 32.2. The lowest BCUT2D eigenvalue weighted by Crippen LogP contribution is -2.44. The van der Waals surface area contributed by atoms with Gasteiger partial charge in [0.1, 0.15) is 29.8 Å². The third-order valence-corrected chi connectivity index (χ3v) is 19.5. The van der Waals surface area contributed by atoms with Gasteiger partial charge in [-0.25, -0.2) is 9.98 Å². The predicted octanol–water partition coefficient (Wildman–Crippen LogP) is 5.38. The molecule has 4 aliphatic rings. The minimum atomic E-state index is -0.846. The van der Waals surface area contributed by atoms with Crippen molar-refractivity contribution in [1.82, 2.24) is 34.7 Å². The minimum Gasteiger partial charge on any atom is -0.394 e. The van der Waals surface area contributed by atoms with Crippen LogP contribution in [0.2, 0.25) is 0 Å². The molecule has 0 saturated carbocycles. The van der Waals surface area contributed by atoms with Gasteiger partial charge in [-0.05, 0) is 81.8 Å². The number of aliphatic hydroxyl groups is 3. The molecule has 4 aliphatic heterocycles. The number of aliphatic hydroxyl groups excluding tert-OH is 3. The highest BCUT2D eigenvalue weighted by molar-refractivity contribution is 8.01. The monoisotopic (exact) mass is 1290 g/mol. The lowest BCUT2D eigenvalue weighted by molar-refractivity contribution is -0.142. The summed E-state index contributed by atoms with van der Waals surface area (Å²) in [5, 5.41) is 30.4. The van der Waals surface area contributed by atoms with E-state index in [2.05, 4.69) is 67.4 Å². The van der Waals surface area contributed by atoms with E-state index in [0.29, 0.717) is 65.4 Å². The summed E-state index contributed by atoms with van der Waals surface area (Å²) in [5.41, 5.74) is 4.99. The number of ketones is 2. The van der Waals surface area contributed by atoms with E-state index >= 15 is 0 Å². The van der Waals surface area contributed by atoms with Gasteiger partial charge in [0.15, 0.2) is 0 Å². The molecule has 0 spiro atoms. The van der Waals surface area contributed by atoms with Crippen molar-refractivity contribution < 1.29 is 61.2 Å². The lowest BCUT2D eigenvalue weighted by atomic mass is 10.0. The fourth-order valence-electron chi connectivity index (χ4n) is 9.74. The Labute approximate surface area is 535 Å². The van der Waals surface area contributed by atoms with E-state index in [4.69, 9.17) is 29.7 Å². The first-order valence-corrected chi connectivity index (χ1v) is 33.1. The van der Waals surface area contributed by atoms with Crippen LogP contribution in [-0.2, 0) is 49.5 Å². The van der Waals surface area contributed by atoms with Gasteiger partial charge < -0.3 is 44.8 Å². The number of hydrogen-bond donors (Lipinski definition) is 4. The molecule has 0 aliphatic carbocycles. The van der Waals surface area contributed by atoms with Crippen LogP contribution in [0.25, 0.3) is 0 Å². The van der Waals surface area contributed by atoms with Gasteiger partial charge in [0.05, 0.1) is 85.7 Å².